The van der Waals surface area contributed by atoms with Gasteiger partial charge in [-0.2, -0.15) is 0 Å². The van der Waals surface area contributed by atoms with Crippen LogP contribution in [0.5, 0.6) is 0 Å². The van der Waals surface area contributed by atoms with E-state index in [4.69, 9.17) is 0 Å². The molecule has 0 aliphatic rings. The average Bonchev–Trinajstić information content (AvgIpc) is 2.43. The molecule has 0 saturated carbocycles. The molecule has 0 radical (unpaired) electrons. The fraction of sp³-hybridized carbons (Fsp3) is 0.667. The lowest BCUT2D eigenvalue weighted by Crippen LogP contribution is -2.34. The number of hydrogen-bond acceptors (Lipinski definition) is 2. The number of nitrogens with one attached hydrogen (secondary N) is 1. The lowest BCUT2D eigenvalue weighted by atomic mass is 10.0. The van der Waals surface area contributed by atoms with Gasteiger partial charge in [0.2, 0.25) is 0 Å². The van der Waals surface area contributed by atoms with Crippen molar-refractivity contribution in [2.24, 2.45) is 0 Å². The molecule has 0 heterocycles. The van der Waals surface area contributed by atoms with Gasteiger partial charge in [-0.1, -0.05) is 43.7 Å². The fourth-order valence-electron chi connectivity index (χ4n) is 2.58. The van der Waals surface area contributed by atoms with E-state index in [2.05, 4.69) is 69.1 Å². The van der Waals surface area contributed by atoms with Crippen LogP contribution >= 0.6 is 0 Å². The number of hydrogen-bond donors (Lipinski definition) is 1. The Bertz CT molecular complexity index is 356. The van der Waals surface area contributed by atoms with Gasteiger partial charge in [-0.3, -0.25) is 0 Å². The van der Waals surface area contributed by atoms with Crippen molar-refractivity contribution in [3.8, 4) is 0 Å². The van der Waals surface area contributed by atoms with Crippen LogP contribution in [0, 0.1) is 6.92 Å². The molecule has 114 valence electrons. The molecule has 20 heavy (non-hydrogen) atoms. The summed E-state index contributed by atoms with van der Waals surface area (Å²) in [5.41, 5.74) is 2.75. The Morgan fingerprint density at radius 2 is 1.75 bits per heavy atom. The van der Waals surface area contributed by atoms with Gasteiger partial charge in [-0.05, 0) is 52.3 Å². The molecule has 1 aromatic carbocycles. The molecule has 1 N–H and O–H groups in total. The second-order valence-electron chi connectivity index (χ2n) is 5.93. The Balaban J connectivity index is 2.66. The quantitative estimate of drug-likeness (QED) is 0.728. The lowest BCUT2D eigenvalue weighted by molar-refractivity contribution is 0.220. The molecule has 0 spiro atoms. The highest BCUT2D eigenvalue weighted by Gasteiger charge is 2.13. The average molecular weight is 276 g/mol. The number of benzene rings is 1. The minimum absolute atomic E-state index is 0.475. The Kier molecular flexibility index (Phi) is 7.86. The van der Waals surface area contributed by atoms with Crippen LogP contribution in [0.4, 0.5) is 0 Å². The summed E-state index contributed by atoms with van der Waals surface area (Å²) >= 11 is 0. The summed E-state index contributed by atoms with van der Waals surface area (Å²) in [4.78, 5) is 2.54. The zero-order chi connectivity index (χ0) is 15.0. The highest BCUT2D eigenvalue weighted by atomic mass is 15.1. The van der Waals surface area contributed by atoms with E-state index < -0.39 is 0 Å². The summed E-state index contributed by atoms with van der Waals surface area (Å²) in [6.07, 6.45) is 2.36. The molecule has 0 saturated heterocycles. The maximum absolute atomic E-state index is 3.70. The third-order valence-electron chi connectivity index (χ3n) is 3.96. The van der Waals surface area contributed by atoms with Crippen molar-refractivity contribution in [2.45, 2.75) is 59.5 Å². The maximum Gasteiger partial charge on any atom is 0.0332 e. The smallest absolute Gasteiger partial charge is 0.0332 e. The van der Waals surface area contributed by atoms with Crippen molar-refractivity contribution in [2.75, 3.05) is 19.6 Å². The van der Waals surface area contributed by atoms with Gasteiger partial charge < -0.3 is 10.2 Å². The van der Waals surface area contributed by atoms with E-state index in [0.29, 0.717) is 12.1 Å². The molecule has 0 aromatic heterocycles. The van der Waals surface area contributed by atoms with Gasteiger partial charge in [0.25, 0.3) is 0 Å². The molecule has 0 aliphatic heterocycles. The third kappa shape index (κ3) is 5.64. The van der Waals surface area contributed by atoms with Crippen molar-refractivity contribution in [1.82, 2.24) is 10.2 Å². The Hall–Kier alpha value is -0.860. The first-order chi connectivity index (χ1) is 9.58. The van der Waals surface area contributed by atoms with Gasteiger partial charge in [-0.25, -0.2) is 0 Å². The predicted molar refractivity (Wildman–Crippen MR) is 89.2 cm³/mol. The molecule has 0 bridgehead atoms. The minimum Gasteiger partial charge on any atom is -0.310 e. The Morgan fingerprint density at radius 3 is 2.25 bits per heavy atom. The number of rotatable bonds is 9. The largest absolute Gasteiger partial charge is 0.310 e. The van der Waals surface area contributed by atoms with Crippen molar-refractivity contribution in [1.29, 1.82) is 0 Å². The Labute approximate surface area is 125 Å². The molecule has 1 atom stereocenters. The summed E-state index contributed by atoms with van der Waals surface area (Å²) < 4.78 is 0. The first-order valence-corrected chi connectivity index (χ1v) is 8.12. The molecule has 1 aromatic rings. The van der Waals surface area contributed by atoms with Gasteiger partial charge >= 0.3 is 0 Å². The molecule has 1 unspecified atom stereocenters. The molecule has 0 aliphatic carbocycles. The number of nitrogens with zero attached hydrogens (tertiary/aromatic N) is 1. The van der Waals surface area contributed by atoms with E-state index in [0.717, 1.165) is 19.6 Å². The molecular weight excluding hydrogens is 244 g/mol. The summed E-state index contributed by atoms with van der Waals surface area (Å²) in [5, 5.41) is 3.70. The van der Waals surface area contributed by atoms with Crippen LogP contribution in [-0.4, -0.2) is 30.6 Å². The second kappa shape index (κ2) is 9.15. The van der Waals surface area contributed by atoms with Crippen molar-refractivity contribution in [3.05, 3.63) is 35.4 Å². The lowest BCUT2D eigenvalue weighted by Gasteiger charge is -2.28. The summed E-state index contributed by atoms with van der Waals surface area (Å²) in [7, 11) is 0. The first kappa shape index (κ1) is 17.2. The van der Waals surface area contributed by atoms with E-state index in [1.54, 1.807) is 0 Å². The van der Waals surface area contributed by atoms with Crippen molar-refractivity contribution in [3.63, 3.8) is 0 Å². The van der Waals surface area contributed by atoms with Crippen molar-refractivity contribution >= 4 is 0 Å². The van der Waals surface area contributed by atoms with Crippen LogP contribution in [0.15, 0.2) is 24.3 Å². The molecular formula is C18H32N2. The topological polar surface area (TPSA) is 15.3 Å². The van der Waals surface area contributed by atoms with Crippen LogP contribution < -0.4 is 5.32 Å². The van der Waals surface area contributed by atoms with E-state index in [9.17, 15) is 0 Å². The van der Waals surface area contributed by atoms with E-state index in [-0.39, 0.29) is 0 Å². The van der Waals surface area contributed by atoms with Gasteiger partial charge in [-0.15, -0.1) is 0 Å². The molecule has 1 rings (SSSR count). The van der Waals surface area contributed by atoms with Crippen LogP contribution in [0.25, 0.3) is 0 Å². The number of aryl methyl sites for hydroxylation is 1. The molecule has 0 fully saturated rings. The molecule has 0 amide bonds. The molecule has 2 nitrogen and oxygen atoms in total. The summed E-state index contributed by atoms with van der Waals surface area (Å²) in [6.45, 7) is 14.6. The van der Waals surface area contributed by atoms with Gasteiger partial charge in [0.15, 0.2) is 0 Å². The zero-order valence-corrected chi connectivity index (χ0v) is 13.9. The SMILES string of the molecule is CCCNC(CCN(CC)C(C)C)c1ccc(C)cc1. The zero-order valence-electron chi connectivity index (χ0n) is 13.9. The minimum atomic E-state index is 0.475. The normalized spacial score (nSPS) is 13.2. The van der Waals surface area contributed by atoms with Gasteiger partial charge in [0.05, 0.1) is 0 Å². The molecule has 2 heteroatoms. The van der Waals surface area contributed by atoms with E-state index in [1.807, 2.05) is 0 Å². The first-order valence-electron chi connectivity index (χ1n) is 8.12. The van der Waals surface area contributed by atoms with Crippen LogP contribution in [0.1, 0.15) is 57.7 Å². The highest BCUT2D eigenvalue weighted by molar-refractivity contribution is 5.24. The predicted octanol–water partition coefficient (Wildman–Crippen LogP) is 4.16. The highest BCUT2D eigenvalue weighted by Crippen LogP contribution is 2.18. The van der Waals surface area contributed by atoms with Gasteiger partial charge in [0, 0.05) is 18.6 Å². The third-order valence-corrected chi connectivity index (χ3v) is 3.96. The van der Waals surface area contributed by atoms with E-state index in [1.165, 1.54) is 24.0 Å². The van der Waals surface area contributed by atoms with Crippen LogP contribution in [0.2, 0.25) is 0 Å². The monoisotopic (exact) mass is 276 g/mol. The van der Waals surface area contributed by atoms with Gasteiger partial charge in [0.1, 0.15) is 0 Å². The standard InChI is InChI=1S/C18H32N2/c1-6-13-19-18(12-14-20(7-2)15(3)4)17-10-8-16(5)9-11-17/h8-11,15,18-19H,6-7,12-14H2,1-5H3. The Morgan fingerprint density at radius 1 is 1.10 bits per heavy atom. The van der Waals surface area contributed by atoms with E-state index >= 15 is 0 Å². The summed E-state index contributed by atoms with van der Waals surface area (Å²) in [5.74, 6) is 0. The van der Waals surface area contributed by atoms with Crippen molar-refractivity contribution < 1.29 is 0 Å². The fourth-order valence-corrected chi connectivity index (χ4v) is 2.58. The van der Waals surface area contributed by atoms with Crippen LogP contribution in [0.3, 0.4) is 0 Å². The second-order valence-corrected chi connectivity index (χ2v) is 5.93. The maximum atomic E-state index is 3.70. The summed E-state index contributed by atoms with van der Waals surface area (Å²) in [6, 6.07) is 10.1. The van der Waals surface area contributed by atoms with Crippen LogP contribution in [-0.2, 0) is 0 Å².